The van der Waals surface area contributed by atoms with Gasteiger partial charge in [0.05, 0.1) is 0 Å². The van der Waals surface area contributed by atoms with E-state index >= 15 is 0 Å². The van der Waals surface area contributed by atoms with Crippen LogP contribution in [0.3, 0.4) is 0 Å². The molecule has 2 heterocycles. The highest BCUT2D eigenvalue weighted by molar-refractivity contribution is 5.92. The molecule has 1 amide bonds. The van der Waals surface area contributed by atoms with E-state index in [9.17, 15) is 4.79 Å². The Balaban J connectivity index is 1.57. The average Bonchev–Trinajstić information content (AvgIpc) is 3.15. The molecule has 0 unspecified atom stereocenters. The van der Waals surface area contributed by atoms with E-state index < -0.39 is 0 Å². The molecule has 1 aliphatic heterocycles. The Bertz CT molecular complexity index is 697. The van der Waals surface area contributed by atoms with Gasteiger partial charge >= 0.3 is 0 Å². The minimum atomic E-state index is 0.122. The molecule has 26 heavy (non-hydrogen) atoms. The van der Waals surface area contributed by atoms with Crippen LogP contribution in [0.5, 0.6) is 0 Å². The number of aryl methyl sites for hydroxylation is 1. The van der Waals surface area contributed by atoms with Crippen molar-refractivity contribution in [1.29, 1.82) is 0 Å². The fraction of sp³-hybridized carbons (Fsp3) is 0.524. The van der Waals surface area contributed by atoms with E-state index in [0.29, 0.717) is 6.04 Å². The molecule has 1 aromatic carbocycles. The molecule has 1 aliphatic rings. The lowest BCUT2D eigenvalue weighted by Gasteiger charge is -2.37. The molecule has 0 spiro atoms. The van der Waals surface area contributed by atoms with Crippen LogP contribution in [-0.2, 0) is 13.0 Å². The third-order valence-corrected chi connectivity index (χ3v) is 5.27. The van der Waals surface area contributed by atoms with E-state index in [2.05, 4.69) is 54.3 Å². The van der Waals surface area contributed by atoms with Crippen LogP contribution < -0.4 is 0 Å². The number of piperidine rings is 1. The molecule has 0 aliphatic carbocycles. The zero-order valence-electron chi connectivity index (χ0n) is 16.0. The topological polar surface area (TPSA) is 41.4 Å². The molecule has 5 nitrogen and oxygen atoms in total. The summed E-state index contributed by atoms with van der Waals surface area (Å²) in [7, 11) is 2.18. The lowest BCUT2D eigenvalue weighted by molar-refractivity contribution is 0.0599. The highest BCUT2D eigenvalue weighted by atomic mass is 16.2. The lowest BCUT2D eigenvalue weighted by Crippen LogP contribution is -2.49. The number of likely N-dealkylation sites (tertiary alicyclic amines) is 1. The summed E-state index contributed by atoms with van der Waals surface area (Å²) in [6, 6.07) is 12.9. The summed E-state index contributed by atoms with van der Waals surface area (Å²) in [4.78, 5) is 17.4. The number of aromatic nitrogens is 2. The van der Waals surface area contributed by atoms with Crippen molar-refractivity contribution in [3.8, 4) is 0 Å². The largest absolute Gasteiger partial charge is 0.336 e. The molecule has 140 valence electrons. The second-order valence-electron chi connectivity index (χ2n) is 7.20. The number of likely N-dealkylation sites (N-methyl/N-ethyl adjacent to an activating group) is 1. The van der Waals surface area contributed by atoms with Crippen molar-refractivity contribution < 1.29 is 4.79 Å². The summed E-state index contributed by atoms with van der Waals surface area (Å²) in [6.45, 7) is 5.57. The molecule has 0 radical (unpaired) electrons. The van der Waals surface area contributed by atoms with Gasteiger partial charge in [0.1, 0.15) is 5.69 Å². The van der Waals surface area contributed by atoms with Crippen LogP contribution in [0.4, 0.5) is 0 Å². The van der Waals surface area contributed by atoms with E-state index in [1.165, 1.54) is 5.56 Å². The molecule has 3 rings (SSSR count). The fourth-order valence-corrected chi connectivity index (χ4v) is 3.70. The summed E-state index contributed by atoms with van der Waals surface area (Å²) in [6.07, 6.45) is 5.98. The van der Waals surface area contributed by atoms with Crippen LogP contribution >= 0.6 is 0 Å². The van der Waals surface area contributed by atoms with E-state index in [4.69, 9.17) is 0 Å². The zero-order valence-corrected chi connectivity index (χ0v) is 16.0. The van der Waals surface area contributed by atoms with Gasteiger partial charge in [0.15, 0.2) is 0 Å². The van der Waals surface area contributed by atoms with Gasteiger partial charge in [0.25, 0.3) is 5.91 Å². The highest BCUT2D eigenvalue weighted by Gasteiger charge is 2.28. The first-order valence-corrected chi connectivity index (χ1v) is 9.74. The predicted molar refractivity (Wildman–Crippen MR) is 104 cm³/mol. The Morgan fingerprint density at radius 1 is 1.27 bits per heavy atom. The Morgan fingerprint density at radius 3 is 2.85 bits per heavy atom. The van der Waals surface area contributed by atoms with E-state index in [0.717, 1.165) is 57.6 Å². The standard InChI is InChI=1S/C21H30N4O/c1-3-14-25-20(11-13-22-25)21(26)24-15-7-10-19(17-24)23(2)16-12-18-8-5-4-6-9-18/h4-6,8-9,11,13,19H,3,7,10,12,14-17H2,1-2H3/t19-/m0/s1. The van der Waals surface area contributed by atoms with Crippen molar-refractivity contribution >= 4 is 5.91 Å². The number of hydrogen-bond donors (Lipinski definition) is 0. The van der Waals surface area contributed by atoms with Crippen molar-refractivity contribution in [3.05, 3.63) is 53.9 Å². The van der Waals surface area contributed by atoms with Crippen LogP contribution in [0.15, 0.2) is 42.6 Å². The summed E-state index contributed by atoms with van der Waals surface area (Å²) in [5.74, 6) is 0.122. The van der Waals surface area contributed by atoms with Gasteiger partial charge in [-0.3, -0.25) is 9.48 Å². The maximum absolute atomic E-state index is 13.0. The Hall–Kier alpha value is -2.14. The highest BCUT2D eigenvalue weighted by Crippen LogP contribution is 2.18. The minimum Gasteiger partial charge on any atom is -0.336 e. The van der Waals surface area contributed by atoms with Gasteiger partial charge in [0.2, 0.25) is 0 Å². The third-order valence-electron chi connectivity index (χ3n) is 5.27. The molecule has 5 heteroatoms. The van der Waals surface area contributed by atoms with Crippen molar-refractivity contribution in [1.82, 2.24) is 19.6 Å². The summed E-state index contributed by atoms with van der Waals surface area (Å²) in [5, 5.41) is 4.30. The maximum atomic E-state index is 13.0. The first-order chi connectivity index (χ1) is 12.7. The Labute approximate surface area is 156 Å². The summed E-state index contributed by atoms with van der Waals surface area (Å²) >= 11 is 0. The third kappa shape index (κ3) is 4.52. The normalized spacial score (nSPS) is 17.7. The van der Waals surface area contributed by atoms with Crippen LogP contribution in [0.2, 0.25) is 0 Å². The molecule has 1 atom stereocenters. The van der Waals surface area contributed by atoms with Crippen molar-refractivity contribution in [2.45, 2.75) is 45.2 Å². The number of carbonyl (C=O) groups is 1. The number of carbonyl (C=O) groups excluding carboxylic acids is 1. The Morgan fingerprint density at radius 2 is 2.08 bits per heavy atom. The predicted octanol–water partition coefficient (Wildman–Crippen LogP) is 3.07. The van der Waals surface area contributed by atoms with Crippen LogP contribution in [0, 0.1) is 0 Å². The van der Waals surface area contributed by atoms with Gasteiger partial charge in [-0.1, -0.05) is 37.3 Å². The summed E-state index contributed by atoms with van der Waals surface area (Å²) < 4.78 is 1.84. The smallest absolute Gasteiger partial charge is 0.272 e. The first kappa shape index (κ1) is 18.6. The quantitative estimate of drug-likeness (QED) is 0.767. The fourth-order valence-electron chi connectivity index (χ4n) is 3.70. The molecular formula is C21H30N4O. The molecule has 1 aromatic heterocycles. The average molecular weight is 354 g/mol. The van der Waals surface area contributed by atoms with Crippen LogP contribution in [0.1, 0.15) is 42.2 Å². The molecular weight excluding hydrogens is 324 g/mol. The van der Waals surface area contributed by atoms with Crippen LogP contribution in [0.25, 0.3) is 0 Å². The van der Waals surface area contributed by atoms with E-state index in [-0.39, 0.29) is 5.91 Å². The molecule has 0 N–H and O–H groups in total. The van der Waals surface area contributed by atoms with Gasteiger partial charge in [-0.25, -0.2) is 0 Å². The molecule has 2 aromatic rings. The second-order valence-corrected chi connectivity index (χ2v) is 7.20. The maximum Gasteiger partial charge on any atom is 0.272 e. The summed E-state index contributed by atoms with van der Waals surface area (Å²) in [5.41, 5.74) is 2.09. The van der Waals surface area contributed by atoms with Crippen molar-refractivity contribution in [2.75, 3.05) is 26.7 Å². The van der Waals surface area contributed by atoms with Gasteiger partial charge < -0.3 is 9.80 Å². The van der Waals surface area contributed by atoms with Crippen LogP contribution in [-0.4, -0.2) is 58.2 Å². The molecule has 0 bridgehead atoms. The molecule has 0 saturated carbocycles. The SMILES string of the molecule is CCCn1nccc1C(=O)N1CCC[C@H](N(C)CCc2ccccc2)C1. The number of rotatable bonds is 7. The second kappa shape index (κ2) is 8.99. The Kier molecular flexibility index (Phi) is 6.45. The van der Waals surface area contributed by atoms with Gasteiger partial charge in [-0.2, -0.15) is 5.10 Å². The van der Waals surface area contributed by atoms with Crippen molar-refractivity contribution in [2.24, 2.45) is 0 Å². The number of nitrogens with zero attached hydrogens (tertiary/aromatic N) is 4. The number of benzene rings is 1. The van der Waals surface area contributed by atoms with Gasteiger partial charge in [-0.05, 0) is 44.4 Å². The van der Waals surface area contributed by atoms with Gasteiger partial charge in [-0.15, -0.1) is 0 Å². The van der Waals surface area contributed by atoms with E-state index in [1.54, 1.807) is 6.20 Å². The number of amides is 1. The molecule has 1 saturated heterocycles. The number of hydrogen-bond acceptors (Lipinski definition) is 3. The lowest BCUT2D eigenvalue weighted by atomic mass is 10.0. The van der Waals surface area contributed by atoms with Crippen molar-refractivity contribution in [3.63, 3.8) is 0 Å². The first-order valence-electron chi connectivity index (χ1n) is 9.74. The van der Waals surface area contributed by atoms with E-state index in [1.807, 2.05) is 15.6 Å². The minimum absolute atomic E-state index is 0.122. The van der Waals surface area contributed by atoms with Gasteiger partial charge in [0, 0.05) is 38.4 Å². The monoisotopic (exact) mass is 354 g/mol. The zero-order chi connectivity index (χ0) is 18.4. The molecule has 1 fully saturated rings.